The van der Waals surface area contributed by atoms with Gasteiger partial charge in [-0.15, -0.1) is 0 Å². The Kier molecular flexibility index (Phi) is 3.77. The highest BCUT2D eigenvalue weighted by molar-refractivity contribution is 9.12. The second kappa shape index (κ2) is 4.44. The number of hydrogen-bond acceptors (Lipinski definition) is 2. The molecule has 0 unspecified atom stereocenters. The highest BCUT2D eigenvalue weighted by Gasteiger charge is 2.29. The van der Waals surface area contributed by atoms with Crippen molar-refractivity contribution in [3.05, 3.63) is 22.6 Å². The van der Waals surface area contributed by atoms with E-state index in [0.29, 0.717) is 6.98 Å². The second-order valence-corrected chi connectivity index (χ2v) is 4.52. The number of nitrogens with zero attached hydrogens (tertiary/aromatic N) is 2. The van der Waals surface area contributed by atoms with Crippen LogP contribution in [0.2, 0.25) is 0 Å². The number of halogens is 1. The average Bonchev–Trinajstić information content (AvgIpc) is 2.35. The normalized spacial score (nSPS) is 21.2. The SMILES string of the molecule is C=C(C)/C(Br)=C/B1N(C)CCN1C. The first-order valence-corrected chi connectivity index (χ1v) is 5.25. The van der Waals surface area contributed by atoms with E-state index in [1.54, 1.807) is 0 Å². The molecular weight excluding hydrogens is 227 g/mol. The van der Waals surface area contributed by atoms with Crippen LogP contribution in [0.5, 0.6) is 0 Å². The van der Waals surface area contributed by atoms with Crippen LogP contribution in [0.15, 0.2) is 22.6 Å². The first-order valence-electron chi connectivity index (χ1n) is 4.46. The average molecular weight is 243 g/mol. The predicted octanol–water partition coefficient (Wildman–Crippen LogP) is 1.75. The molecule has 1 rings (SSSR count). The fourth-order valence-corrected chi connectivity index (χ4v) is 1.68. The summed E-state index contributed by atoms with van der Waals surface area (Å²) in [7, 11) is 4.28. The number of hydrogen-bond donors (Lipinski definition) is 0. The van der Waals surface area contributed by atoms with E-state index in [9.17, 15) is 0 Å². The lowest BCUT2D eigenvalue weighted by atomic mass is 9.74. The summed E-state index contributed by atoms with van der Waals surface area (Å²) in [6.07, 6.45) is 0. The lowest BCUT2D eigenvalue weighted by molar-refractivity contribution is 0.553. The molecule has 0 aliphatic carbocycles. The minimum atomic E-state index is 0.408. The molecular formula is C9H16BBrN2. The third-order valence-corrected chi connectivity index (χ3v) is 3.35. The summed E-state index contributed by atoms with van der Waals surface area (Å²) in [6.45, 7) is 8.58. The molecule has 0 aromatic heterocycles. The van der Waals surface area contributed by atoms with Gasteiger partial charge in [-0.1, -0.05) is 28.5 Å². The maximum atomic E-state index is 3.89. The minimum Gasteiger partial charge on any atom is -0.326 e. The molecule has 0 aromatic rings. The van der Waals surface area contributed by atoms with Crippen LogP contribution >= 0.6 is 15.9 Å². The largest absolute Gasteiger partial charge is 0.339 e. The van der Waals surface area contributed by atoms with Crippen LogP contribution in [-0.2, 0) is 0 Å². The van der Waals surface area contributed by atoms with Gasteiger partial charge in [0.05, 0.1) is 0 Å². The van der Waals surface area contributed by atoms with Gasteiger partial charge < -0.3 is 9.62 Å². The summed E-state index contributed by atoms with van der Waals surface area (Å²) in [4.78, 5) is 4.65. The number of likely N-dealkylation sites (N-methyl/N-ethyl adjacent to an activating group) is 2. The van der Waals surface area contributed by atoms with Gasteiger partial charge in [0.2, 0.25) is 0 Å². The summed E-state index contributed by atoms with van der Waals surface area (Å²) in [5.41, 5.74) is 1.08. The fraction of sp³-hybridized carbons (Fsp3) is 0.556. The molecule has 4 heteroatoms. The summed E-state index contributed by atoms with van der Waals surface area (Å²) in [5.74, 6) is 2.20. The third-order valence-electron chi connectivity index (χ3n) is 2.41. The molecule has 1 aliphatic heterocycles. The molecule has 0 N–H and O–H groups in total. The fourth-order valence-electron chi connectivity index (χ4n) is 1.44. The van der Waals surface area contributed by atoms with Gasteiger partial charge in [0.25, 0.3) is 0 Å². The van der Waals surface area contributed by atoms with E-state index in [1.807, 2.05) is 6.92 Å². The quantitative estimate of drug-likeness (QED) is 0.538. The van der Waals surface area contributed by atoms with Crippen molar-refractivity contribution in [3.8, 4) is 0 Å². The standard InChI is InChI=1S/C9H16BBrN2/c1-8(2)9(11)7-10-12(3)5-6-13(10)4/h7H,1,5-6H2,2-4H3/b9-7-. The molecule has 1 aliphatic rings. The molecule has 0 atom stereocenters. The highest BCUT2D eigenvalue weighted by Crippen LogP contribution is 2.18. The Morgan fingerprint density at radius 3 is 2.23 bits per heavy atom. The van der Waals surface area contributed by atoms with E-state index in [0.717, 1.165) is 23.1 Å². The van der Waals surface area contributed by atoms with E-state index >= 15 is 0 Å². The Morgan fingerprint density at radius 2 is 1.85 bits per heavy atom. The first-order chi connectivity index (χ1) is 6.02. The Morgan fingerprint density at radius 1 is 1.38 bits per heavy atom. The molecule has 0 bridgehead atoms. The van der Waals surface area contributed by atoms with Gasteiger partial charge in [-0.3, -0.25) is 0 Å². The van der Waals surface area contributed by atoms with Gasteiger partial charge in [0.15, 0.2) is 0 Å². The van der Waals surface area contributed by atoms with Gasteiger partial charge in [0, 0.05) is 17.6 Å². The van der Waals surface area contributed by atoms with Crippen molar-refractivity contribution >= 4 is 22.9 Å². The summed E-state index contributed by atoms with van der Waals surface area (Å²) >= 11 is 3.52. The van der Waals surface area contributed by atoms with Crippen LogP contribution in [0.25, 0.3) is 0 Å². The number of rotatable bonds is 2. The van der Waals surface area contributed by atoms with Crippen molar-refractivity contribution < 1.29 is 0 Å². The molecule has 1 saturated heterocycles. The van der Waals surface area contributed by atoms with Gasteiger partial charge in [-0.25, -0.2) is 0 Å². The van der Waals surface area contributed by atoms with Crippen molar-refractivity contribution in [2.24, 2.45) is 0 Å². The van der Waals surface area contributed by atoms with Gasteiger partial charge >= 0.3 is 6.98 Å². The smallest absolute Gasteiger partial charge is 0.326 e. The molecule has 0 amide bonds. The molecule has 0 saturated carbocycles. The van der Waals surface area contributed by atoms with Crippen molar-refractivity contribution in [2.45, 2.75) is 6.92 Å². The zero-order chi connectivity index (χ0) is 10.0. The summed E-state index contributed by atoms with van der Waals surface area (Å²) in [5, 5.41) is 0. The van der Waals surface area contributed by atoms with Crippen LogP contribution in [-0.4, -0.2) is 43.8 Å². The Hall–Kier alpha value is -0.0551. The van der Waals surface area contributed by atoms with Crippen LogP contribution in [0, 0.1) is 0 Å². The van der Waals surface area contributed by atoms with E-state index in [-0.39, 0.29) is 0 Å². The minimum absolute atomic E-state index is 0.408. The molecule has 2 nitrogen and oxygen atoms in total. The zero-order valence-corrected chi connectivity index (χ0v) is 10.1. The van der Waals surface area contributed by atoms with Crippen molar-refractivity contribution in [1.82, 2.24) is 9.62 Å². The van der Waals surface area contributed by atoms with E-state index in [4.69, 9.17) is 0 Å². The number of allylic oxidation sites excluding steroid dienone is 2. The van der Waals surface area contributed by atoms with Gasteiger partial charge in [-0.05, 0) is 26.6 Å². The van der Waals surface area contributed by atoms with Gasteiger partial charge in [-0.2, -0.15) is 0 Å². The summed E-state index contributed by atoms with van der Waals surface area (Å²) in [6, 6.07) is 0. The molecule has 13 heavy (non-hydrogen) atoms. The Labute approximate surface area is 89.5 Å². The van der Waals surface area contributed by atoms with E-state index in [1.165, 1.54) is 0 Å². The van der Waals surface area contributed by atoms with Crippen LogP contribution in [0.4, 0.5) is 0 Å². The second-order valence-electron chi connectivity index (χ2n) is 3.67. The first kappa shape index (κ1) is 11.0. The van der Waals surface area contributed by atoms with Crippen molar-refractivity contribution in [2.75, 3.05) is 27.2 Å². The van der Waals surface area contributed by atoms with Crippen molar-refractivity contribution in [3.63, 3.8) is 0 Å². The van der Waals surface area contributed by atoms with Gasteiger partial charge in [0.1, 0.15) is 0 Å². The third kappa shape index (κ3) is 2.69. The maximum Gasteiger partial charge on any atom is 0.339 e. The highest BCUT2D eigenvalue weighted by atomic mass is 79.9. The Balaban J connectivity index is 2.71. The van der Waals surface area contributed by atoms with Crippen LogP contribution < -0.4 is 0 Å². The van der Waals surface area contributed by atoms with E-state index < -0.39 is 0 Å². The van der Waals surface area contributed by atoms with Crippen LogP contribution in [0.1, 0.15) is 6.92 Å². The topological polar surface area (TPSA) is 6.48 Å². The lowest BCUT2D eigenvalue weighted by Crippen LogP contribution is -2.38. The predicted molar refractivity (Wildman–Crippen MR) is 62.8 cm³/mol. The lowest BCUT2D eigenvalue weighted by Gasteiger charge is -2.17. The zero-order valence-electron chi connectivity index (χ0n) is 8.55. The monoisotopic (exact) mass is 242 g/mol. The molecule has 1 fully saturated rings. The Bertz CT molecular complexity index is 230. The molecule has 72 valence electrons. The van der Waals surface area contributed by atoms with Crippen molar-refractivity contribution in [1.29, 1.82) is 0 Å². The molecule has 0 radical (unpaired) electrons. The maximum absolute atomic E-state index is 3.89. The molecule has 0 aromatic carbocycles. The molecule has 0 spiro atoms. The molecule has 1 heterocycles. The summed E-state index contributed by atoms with van der Waals surface area (Å²) < 4.78 is 1.11. The van der Waals surface area contributed by atoms with E-state index in [2.05, 4.69) is 52.2 Å². The van der Waals surface area contributed by atoms with Crippen LogP contribution in [0.3, 0.4) is 0 Å².